The Morgan fingerprint density at radius 3 is 2.19 bits per heavy atom. The van der Waals surface area contributed by atoms with E-state index in [2.05, 4.69) is 9.93 Å². The molecule has 2 aromatic rings. The van der Waals surface area contributed by atoms with Crippen LogP contribution in [0.3, 0.4) is 0 Å². The van der Waals surface area contributed by atoms with Gasteiger partial charge in [-0.2, -0.15) is 13.5 Å². The third-order valence-corrected chi connectivity index (χ3v) is 7.49. The van der Waals surface area contributed by atoms with Crippen molar-refractivity contribution in [3.63, 3.8) is 0 Å². The van der Waals surface area contributed by atoms with Crippen molar-refractivity contribution in [3.8, 4) is 0 Å². The Morgan fingerprint density at radius 1 is 1.05 bits per heavy atom. The van der Waals surface area contributed by atoms with Gasteiger partial charge in [-0.15, -0.1) is 0 Å². The SMILES string of the molecule is CCOC(=O)[C@@H]1/C(=N\NS(=O)(=O)c2ccc(C)cc2)C[C@](C)(O)[C@H](C(=O)OCC)[C@@H]1c1ccc(F)cc1. The topological polar surface area (TPSA) is 131 Å². The Morgan fingerprint density at radius 2 is 1.62 bits per heavy atom. The summed E-state index contributed by atoms with van der Waals surface area (Å²) in [6, 6.07) is 11.2. The van der Waals surface area contributed by atoms with E-state index in [1.54, 1.807) is 26.0 Å². The van der Waals surface area contributed by atoms with E-state index >= 15 is 0 Å². The van der Waals surface area contributed by atoms with Crippen molar-refractivity contribution in [2.45, 2.75) is 50.5 Å². The second kappa shape index (κ2) is 11.4. The van der Waals surface area contributed by atoms with Gasteiger partial charge in [-0.25, -0.2) is 9.22 Å². The summed E-state index contributed by atoms with van der Waals surface area (Å²) in [6.45, 7) is 6.45. The third kappa shape index (κ3) is 6.34. The van der Waals surface area contributed by atoms with E-state index in [4.69, 9.17) is 9.47 Å². The predicted octanol–water partition coefficient (Wildman–Crippen LogP) is 3.07. The van der Waals surface area contributed by atoms with E-state index in [-0.39, 0.29) is 30.2 Å². The monoisotopic (exact) mass is 534 g/mol. The Balaban J connectivity index is 2.15. The summed E-state index contributed by atoms with van der Waals surface area (Å²) in [5.41, 5.74) is -0.605. The van der Waals surface area contributed by atoms with Crippen molar-refractivity contribution in [2.75, 3.05) is 13.2 Å². The lowest BCUT2D eigenvalue weighted by Crippen LogP contribution is -2.55. The van der Waals surface area contributed by atoms with Gasteiger partial charge in [0.1, 0.15) is 11.7 Å². The maximum absolute atomic E-state index is 13.7. The average molecular weight is 535 g/mol. The standard InChI is InChI=1S/C26H31FN2O7S/c1-5-35-24(30)22-20(28-29-37(33,34)19-13-7-16(3)8-14-19)15-26(4,32)23(25(31)36-6-2)21(22)17-9-11-18(27)12-10-17/h7-14,21-23,29,32H,5-6,15H2,1-4H3/b28-20-/t21-,22-,23+,26+/m1/s1. The van der Waals surface area contributed by atoms with Gasteiger partial charge in [-0.1, -0.05) is 29.8 Å². The number of halogens is 1. The minimum absolute atomic E-state index is 0.00824. The number of hydrazone groups is 1. The van der Waals surface area contributed by atoms with Crippen LogP contribution in [0.25, 0.3) is 0 Å². The molecule has 0 heterocycles. The van der Waals surface area contributed by atoms with Gasteiger partial charge in [0.05, 0.1) is 35.3 Å². The van der Waals surface area contributed by atoms with Crippen LogP contribution < -0.4 is 4.83 Å². The van der Waals surface area contributed by atoms with Crippen LogP contribution in [0.4, 0.5) is 4.39 Å². The molecular formula is C26H31FN2O7S. The third-order valence-electron chi connectivity index (χ3n) is 6.26. The van der Waals surface area contributed by atoms with Crippen molar-refractivity contribution in [3.05, 3.63) is 65.5 Å². The van der Waals surface area contributed by atoms with Crippen molar-refractivity contribution in [1.29, 1.82) is 0 Å². The summed E-state index contributed by atoms with van der Waals surface area (Å²) in [6.07, 6.45) is -0.325. The van der Waals surface area contributed by atoms with Crippen LogP contribution >= 0.6 is 0 Å². The molecule has 3 rings (SSSR count). The molecule has 0 amide bonds. The maximum atomic E-state index is 13.7. The number of rotatable bonds is 8. The van der Waals surface area contributed by atoms with Gasteiger partial charge < -0.3 is 14.6 Å². The fourth-order valence-corrected chi connectivity index (χ4v) is 5.43. The van der Waals surface area contributed by atoms with Crippen molar-refractivity contribution in [1.82, 2.24) is 4.83 Å². The molecular weight excluding hydrogens is 503 g/mol. The first-order valence-electron chi connectivity index (χ1n) is 11.9. The summed E-state index contributed by atoms with van der Waals surface area (Å²) in [5, 5.41) is 15.5. The Hall–Kier alpha value is -3.31. The van der Waals surface area contributed by atoms with Gasteiger partial charge in [0.2, 0.25) is 0 Å². The summed E-state index contributed by atoms with van der Waals surface area (Å²) in [5.74, 6) is -5.65. The zero-order chi connectivity index (χ0) is 27.4. The maximum Gasteiger partial charge on any atom is 0.315 e. The summed E-state index contributed by atoms with van der Waals surface area (Å²) in [7, 11) is -4.11. The van der Waals surface area contributed by atoms with Crippen molar-refractivity contribution < 1.29 is 37.0 Å². The van der Waals surface area contributed by atoms with E-state index < -0.39 is 51.1 Å². The molecule has 37 heavy (non-hydrogen) atoms. The molecule has 11 heteroatoms. The number of nitrogens with zero attached hydrogens (tertiary/aromatic N) is 1. The van der Waals surface area contributed by atoms with Gasteiger partial charge in [0.25, 0.3) is 10.0 Å². The number of nitrogens with one attached hydrogen (secondary N) is 1. The number of benzene rings is 2. The van der Waals surface area contributed by atoms with Gasteiger partial charge >= 0.3 is 11.9 Å². The van der Waals surface area contributed by atoms with E-state index in [1.165, 1.54) is 43.3 Å². The molecule has 2 aromatic carbocycles. The summed E-state index contributed by atoms with van der Waals surface area (Å²) >= 11 is 0. The largest absolute Gasteiger partial charge is 0.466 e. The number of hydrogen-bond acceptors (Lipinski definition) is 8. The van der Waals surface area contributed by atoms with E-state index in [0.717, 1.165) is 5.56 Å². The van der Waals surface area contributed by atoms with Crippen LogP contribution in [0.15, 0.2) is 58.5 Å². The molecule has 0 radical (unpaired) electrons. The number of aryl methyl sites for hydroxylation is 1. The average Bonchev–Trinajstić information content (AvgIpc) is 2.83. The van der Waals surface area contributed by atoms with Crippen LogP contribution in [-0.2, 0) is 29.1 Å². The smallest absolute Gasteiger partial charge is 0.315 e. The Bertz CT molecular complexity index is 1260. The lowest BCUT2D eigenvalue weighted by atomic mass is 9.61. The number of hydrogen-bond donors (Lipinski definition) is 2. The van der Waals surface area contributed by atoms with E-state index in [0.29, 0.717) is 5.56 Å². The molecule has 0 aliphatic heterocycles. The first kappa shape index (κ1) is 28.3. The van der Waals surface area contributed by atoms with E-state index in [1.807, 2.05) is 6.92 Å². The number of carbonyl (C=O) groups is 2. The molecule has 1 aliphatic carbocycles. The Kier molecular flexibility index (Phi) is 8.70. The minimum atomic E-state index is -4.11. The molecule has 0 spiro atoms. The van der Waals surface area contributed by atoms with Gasteiger partial charge in [-0.3, -0.25) is 9.59 Å². The van der Waals surface area contributed by atoms with Gasteiger partial charge in [0, 0.05) is 12.3 Å². The molecule has 1 aliphatic rings. The van der Waals surface area contributed by atoms with E-state index in [9.17, 15) is 27.5 Å². The molecule has 1 fully saturated rings. The highest BCUT2D eigenvalue weighted by molar-refractivity contribution is 7.89. The molecule has 2 N–H and O–H groups in total. The second-order valence-corrected chi connectivity index (χ2v) is 10.7. The highest BCUT2D eigenvalue weighted by Crippen LogP contribution is 2.47. The van der Waals surface area contributed by atoms with Gasteiger partial charge in [0.15, 0.2) is 0 Å². The fourth-order valence-electron chi connectivity index (χ4n) is 4.59. The Labute approximate surface area is 215 Å². The molecule has 0 bridgehead atoms. The van der Waals surface area contributed by atoms with Gasteiger partial charge in [-0.05, 0) is 57.5 Å². The quantitative estimate of drug-likeness (QED) is 0.393. The second-order valence-electron chi connectivity index (χ2n) is 9.08. The first-order chi connectivity index (χ1) is 17.4. The normalized spacial score (nSPS) is 24.9. The first-order valence-corrected chi connectivity index (χ1v) is 13.4. The molecule has 9 nitrogen and oxygen atoms in total. The summed E-state index contributed by atoms with van der Waals surface area (Å²) < 4.78 is 50.0. The number of aliphatic hydroxyl groups is 1. The van der Waals surface area contributed by atoms with Crippen molar-refractivity contribution in [2.24, 2.45) is 16.9 Å². The predicted molar refractivity (Wildman–Crippen MR) is 134 cm³/mol. The highest BCUT2D eigenvalue weighted by atomic mass is 32.2. The zero-order valence-electron chi connectivity index (χ0n) is 21.1. The minimum Gasteiger partial charge on any atom is -0.466 e. The zero-order valence-corrected chi connectivity index (χ0v) is 21.9. The molecule has 0 aromatic heterocycles. The number of sulfonamides is 1. The highest BCUT2D eigenvalue weighted by Gasteiger charge is 2.56. The van der Waals surface area contributed by atoms with Crippen LogP contribution in [0.2, 0.25) is 0 Å². The number of carbonyl (C=O) groups excluding carboxylic acids is 2. The van der Waals surface area contributed by atoms with Crippen molar-refractivity contribution >= 4 is 27.7 Å². The molecule has 4 atom stereocenters. The van der Waals surface area contributed by atoms with Crippen LogP contribution in [0, 0.1) is 24.6 Å². The molecule has 1 saturated carbocycles. The lowest BCUT2D eigenvalue weighted by molar-refractivity contribution is -0.163. The van der Waals surface area contributed by atoms with Crippen LogP contribution in [0.1, 0.15) is 44.2 Å². The molecule has 0 saturated heterocycles. The lowest BCUT2D eigenvalue weighted by Gasteiger charge is -2.45. The van der Waals surface area contributed by atoms with Crippen LogP contribution in [0.5, 0.6) is 0 Å². The number of ether oxygens (including phenoxy) is 2. The fraction of sp³-hybridized carbons (Fsp3) is 0.423. The summed E-state index contributed by atoms with van der Waals surface area (Å²) in [4.78, 5) is 28.4. The molecule has 200 valence electrons. The molecule has 0 unspecified atom stereocenters. The van der Waals surface area contributed by atoms with Crippen LogP contribution in [-0.4, -0.2) is 50.0 Å². The number of esters is 2.